The maximum atomic E-state index is 11.3. The second-order valence-electron chi connectivity index (χ2n) is 14.0. The van der Waals surface area contributed by atoms with Crippen LogP contribution in [0.25, 0.3) is 0 Å². The smallest absolute Gasteiger partial charge is 0.447 e. The summed E-state index contributed by atoms with van der Waals surface area (Å²) in [6.45, 7) is 10.7. The molecular formula is C42H42N3O12P3. The van der Waals surface area contributed by atoms with Gasteiger partial charge < -0.3 is 58.4 Å². The topological polar surface area (TPSA) is 196 Å². The molecule has 0 aromatic heterocycles. The van der Waals surface area contributed by atoms with Gasteiger partial charge in [-0.2, -0.15) is 0 Å². The minimum atomic E-state index is -4.56. The summed E-state index contributed by atoms with van der Waals surface area (Å²) >= 11 is 0. The van der Waals surface area contributed by atoms with Gasteiger partial charge in [-0.1, -0.05) is 36.4 Å². The summed E-state index contributed by atoms with van der Waals surface area (Å²) in [7, 11) is -10.1. The van der Waals surface area contributed by atoms with E-state index in [-0.39, 0.29) is 69.0 Å². The maximum absolute atomic E-state index is 11.3. The van der Waals surface area contributed by atoms with Crippen LogP contribution < -0.4 is 27.8 Å². The first-order chi connectivity index (χ1) is 28.6. The Kier molecular flexibility index (Phi) is 12.1. The van der Waals surface area contributed by atoms with Gasteiger partial charge >= 0.3 is 24.6 Å². The average molecular weight is 874 g/mol. The lowest BCUT2D eigenvalue weighted by Crippen LogP contribution is -2.37. The van der Waals surface area contributed by atoms with Gasteiger partial charge in [-0.05, 0) is 148 Å². The molecule has 0 amide bonds. The average Bonchev–Trinajstić information content (AvgIpc) is 3.17. The zero-order valence-electron chi connectivity index (χ0n) is 33.2. The summed E-state index contributed by atoms with van der Waals surface area (Å²) in [6.07, 6.45) is 0. The second-order valence-corrected chi connectivity index (χ2v) is 19.5. The lowest BCUT2D eigenvalue weighted by atomic mass is 10.2. The van der Waals surface area contributed by atoms with Crippen LogP contribution in [0.4, 0.5) is 0 Å². The Morgan fingerprint density at radius 2 is 0.733 bits per heavy atom. The molecule has 15 nitrogen and oxygen atoms in total. The molecule has 0 saturated heterocycles. The van der Waals surface area contributed by atoms with E-state index in [0.717, 1.165) is 20.3 Å². The fraction of sp³-hybridized carbons (Fsp3) is 0.143. The Labute approximate surface area is 348 Å². The number of phenolic OH excluding ortho intramolecular Hbond substituents is 6. The van der Waals surface area contributed by atoms with Crippen LogP contribution in [0.1, 0.15) is 33.4 Å². The Balaban J connectivity index is 1.57. The number of hydrogen-bond donors (Lipinski definition) is 6. The Hall–Kier alpha value is -6.07. The molecule has 2 unspecified atom stereocenters. The highest BCUT2D eigenvalue weighted by Crippen LogP contribution is 2.78. The van der Waals surface area contributed by atoms with Gasteiger partial charge in [0.05, 0.1) is 0 Å². The standard InChI is InChI=1S/C42H42N3O12P3/c1-25-7-13-37(31(46)19-25)52-44-58(54-39-15-9-27(3)21-33(39)48)43-60(56-41-17-11-29(5)23-35(41)50,57-42-18-12-30(6)24-36(42)51)45(53-38-14-8-26(2)20-32(38)47)59(44)55-40-16-10-28(4)22-34(40)49/h7-24,46-51H,1-6H3. The molecule has 0 spiro atoms. The van der Waals surface area contributed by atoms with E-state index in [2.05, 4.69) is 0 Å². The number of rotatable bonds is 12. The summed E-state index contributed by atoms with van der Waals surface area (Å²) in [5.41, 5.74) is 4.24. The largest absolute Gasteiger partial charge is 0.504 e. The zero-order valence-corrected chi connectivity index (χ0v) is 35.9. The molecule has 1 aliphatic rings. The van der Waals surface area contributed by atoms with Crippen LogP contribution in [0.5, 0.6) is 69.0 Å². The molecule has 312 valence electrons. The SMILES string of the molecule is Cc1ccc(ON2P(Oc3ccc(C)cc3O)N=P(Oc3ccc(C)cc3O)(Oc3ccc(C)cc3O)N(Oc3ccc(C)cc3O)P2Oc2ccc(C)cc2O)c(O)c1. The van der Waals surface area contributed by atoms with Crippen molar-refractivity contribution in [1.82, 2.24) is 9.21 Å². The molecule has 60 heavy (non-hydrogen) atoms. The van der Waals surface area contributed by atoms with Crippen molar-refractivity contribution in [3.05, 3.63) is 143 Å². The van der Waals surface area contributed by atoms with Crippen molar-refractivity contribution in [2.75, 3.05) is 0 Å². The molecule has 0 saturated carbocycles. The van der Waals surface area contributed by atoms with Gasteiger partial charge in [0.25, 0.3) is 0 Å². The van der Waals surface area contributed by atoms with Crippen molar-refractivity contribution < 1.29 is 58.4 Å². The quantitative estimate of drug-likeness (QED) is 0.0635. The van der Waals surface area contributed by atoms with Crippen LogP contribution in [0.15, 0.2) is 114 Å². The van der Waals surface area contributed by atoms with Gasteiger partial charge in [-0.15, -0.1) is 4.52 Å². The van der Waals surface area contributed by atoms with Crippen molar-refractivity contribution in [2.24, 2.45) is 4.52 Å². The summed E-state index contributed by atoms with van der Waals surface area (Å²) < 4.78 is 33.9. The van der Waals surface area contributed by atoms with Crippen molar-refractivity contribution in [3.63, 3.8) is 0 Å². The minimum Gasteiger partial charge on any atom is -0.504 e. The fourth-order valence-corrected chi connectivity index (χ4v) is 13.2. The molecule has 1 aliphatic heterocycles. The molecule has 18 heteroatoms. The second kappa shape index (κ2) is 17.3. The zero-order chi connectivity index (χ0) is 42.9. The van der Waals surface area contributed by atoms with Crippen LogP contribution in [-0.4, -0.2) is 39.8 Å². The van der Waals surface area contributed by atoms with E-state index in [9.17, 15) is 30.6 Å². The molecule has 2 atom stereocenters. The predicted molar refractivity (Wildman–Crippen MR) is 228 cm³/mol. The van der Waals surface area contributed by atoms with Crippen LogP contribution in [0, 0.1) is 41.5 Å². The molecule has 1 heterocycles. The van der Waals surface area contributed by atoms with Crippen molar-refractivity contribution >= 4 is 24.6 Å². The number of aryl methyl sites for hydroxylation is 6. The molecule has 6 aromatic carbocycles. The molecule has 6 aromatic rings. The van der Waals surface area contributed by atoms with Gasteiger partial charge in [0.2, 0.25) is 0 Å². The van der Waals surface area contributed by atoms with Gasteiger partial charge in [-0.3, -0.25) is 0 Å². The maximum Gasteiger partial charge on any atom is 0.447 e. The van der Waals surface area contributed by atoms with E-state index in [0.29, 0.717) is 22.3 Å². The molecule has 7 rings (SSSR count). The third-order valence-electron chi connectivity index (χ3n) is 8.69. The summed E-state index contributed by atoms with van der Waals surface area (Å²) in [5.74, 6) is -2.38. The van der Waals surface area contributed by atoms with Crippen LogP contribution in [0.3, 0.4) is 0 Å². The van der Waals surface area contributed by atoms with Crippen LogP contribution in [0.2, 0.25) is 0 Å². The van der Waals surface area contributed by atoms with Crippen LogP contribution in [-0.2, 0) is 0 Å². The first kappa shape index (κ1) is 42.1. The van der Waals surface area contributed by atoms with Gasteiger partial charge in [-0.25, -0.2) is 0 Å². The number of nitrogens with zero attached hydrogens (tertiary/aromatic N) is 3. The molecule has 0 fully saturated rings. The molecule has 0 radical (unpaired) electrons. The Morgan fingerprint density at radius 1 is 0.417 bits per heavy atom. The van der Waals surface area contributed by atoms with Crippen molar-refractivity contribution in [2.45, 2.75) is 41.5 Å². The van der Waals surface area contributed by atoms with Crippen LogP contribution >= 0.6 is 24.6 Å². The minimum absolute atomic E-state index is 0.0506. The predicted octanol–water partition coefficient (Wildman–Crippen LogP) is 11.4. The van der Waals surface area contributed by atoms with Gasteiger partial charge in [0, 0.05) is 9.21 Å². The highest BCUT2D eigenvalue weighted by atomic mass is 31.3. The van der Waals surface area contributed by atoms with Crippen molar-refractivity contribution in [1.29, 1.82) is 0 Å². The number of phenols is 6. The lowest BCUT2D eigenvalue weighted by Gasteiger charge is -2.43. The van der Waals surface area contributed by atoms with Crippen molar-refractivity contribution in [3.8, 4) is 69.0 Å². The third-order valence-corrected chi connectivity index (χ3v) is 15.5. The first-order valence-electron chi connectivity index (χ1n) is 18.3. The Morgan fingerprint density at radius 3 is 1.10 bits per heavy atom. The van der Waals surface area contributed by atoms with E-state index >= 15 is 0 Å². The van der Waals surface area contributed by atoms with E-state index in [1.54, 1.807) is 77.9 Å². The molecule has 0 aliphatic carbocycles. The number of hydrogen-bond acceptors (Lipinski definition) is 15. The molecule has 6 N–H and O–H groups in total. The first-order valence-corrected chi connectivity index (χ1v) is 22.2. The summed E-state index contributed by atoms with van der Waals surface area (Å²) in [4.78, 5) is 13.1. The highest BCUT2D eigenvalue weighted by molar-refractivity contribution is 7.78. The Bertz CT molecular complexity index is 2570. The monoisotopic (exact) mass is 873 g/mol. The van der Waals surface area contributed by atoms with Gasteiger partial charge in [0.1, 0.15) is 0 Å². The highest BCUT2D eigenvalue weighted by Gasteiger charge is 2.59. The molecule has 0 bridgehead atoms. The van der Waals surface area contributed by atoms with E-state index < -0.39 is 24.6 Å². The fourth-order valence-electron chi connectivity index (χ4n) is 5.63. The van der Waals surface area contributed by atoms with E-state index in [1.165, 1.54) is 72.8 Å². The number of benzene rings is 6. The number of aromatic hydroxyl groups is 6. The molecular weight excluding hydrogens is 831 g/mol. The normalized spacial score (nSPS) is 16.4. The lowest BCUT2D eigenvalue weighted by molar-refractivity contribution is 0.0507. The van der Waals surface area contributed by atoms with E-state index in [4.69, 9.17) is 32.3 Å². The van der Waals surface area contributed by atoms with Gasteiger partial charge in [0.15, 0.2) is 69.0 Å². The summed E-state index contributed by atoms with van der Waals surface area (Å²) in [5, 5.41) is 67.6. The third kappa shape index (κ3) is 9.21. The van der Waals surface area contributed by atoms with E-state index in [1.807, 2.05) is 0 Å². The summed E-state index contributed by atoms with van der Waals surface area (Å²) in [6, 6.07) is 27.9.